The summed E-state index contributed by atoms with van der Waals surface area (Å²) >= 11 is 0. The monoisotopic (exact) mass is 298 g/mol. The number of ether oxygens (including phenoxy) is 3. The first kappa shape index (κ1) is 14.8. The summed E-state index contributed by atoms with van der Waals surface area (Å²) in [6.07, 6.45) is 4.04. The molecule has 116 valence electrons. The Labute approximate surface area is 131 Å². The molecular weight excluding hydrogens is 276 g/mol. The molecule has 0 radical (unpaired) electrons. The molecule has 1 saturated carbocycles. The van der Waals surface area contributed by atoms with Crippen LogP contribution in [0.25, 0.3) is 0 Å². The van der Waals surface area contributed by atoms with Crippen LogP contribution in [0.3, 0.4) is 0 Å². The first-order valence-electron chi connectivity index (χ1n) is 7.77. The predicted molar refractivity (Wildman–Crippen MR) is 86.8 cm³/mol. The van der Waals surface area contributed by atoms with E-state index in [1.165, 1.54) is 19.3 Å². The molecule has 3 nitrogen and oxygen atoms in total. The van der Waals surface area contributed by atoms with Crippen molar-refractivity contribution in [3.05, 3.63) is 53.6 Å². The zero-order valence-electron chi connectivity index (χ0n) is 13.2. The maximum absolute atomic E-state index is 5.95. The van der Waals surface area contributed by atoms with Gasteiger partial charge in [-0.3, -0.25) is 0 Å². The summed E-state index contributed by atoms with van der Waals surface area (Å²) in [6, 6.07) is 13.9. The van der Waals surface area contributed by atoms with Crippen molar-refractivity contribution in [1.29, 1.82) is 0 Å². The van der Waals surface area contributed by atoms with Crippen LogP contribution < -0.4 is 14.2 Å². The van der Waals surface area contributed by atoms with E-state index in [4.69, 9.17) is 14.2 Å². The lowest BCUT2D eigenvalue weighted by molar-refractivity contribution is 0.119. The molecule has 1 aliphatic carbocycles. The molecule has 0 amide bonds. The summed E-state index contributed by atoms with van der Waals surface area (Å²) in [5.74, 6) is 2.70. The summed E-state index contributed by atoms with van der Waals surface area (Å²) in [5, 5.41) is 0. The number of benzene rings is 2. The lowest BCUT2D eigenvalue weighted by Gasteiger charge is -2.27. The van der Waals surface area contributed by atoms with Crippen molar-refractivity contribution in [2.75, 3.05) is 7.11 Å². The summed E-state index contributed by atoms with van der Waals surface area (Å²) in [4.78, 5) is 0. The van der Waals surface area contributed by atoms with E-state index in [2.05, 4.69) is 6.92 Å². The third-order valence-corrected chi connectivity index (χ3v) is 4.06. The Hall–Kier alpha value is -2.16. The number of hydrogen-bond acceptors (Lipinski definition) is 3. The van der Waals surface area contributed by atoms with Crippen LogP contribution in [-0.4, -0.2) is 13.2 Å². The van der Waals surface area contributed by atoms with Gasteiger partial charge in [0.05, 0.1) is 13.2 Å². The number of methoxy groups -OCH3 is 1. The summed E-state index contributed by atoms with van der Waals surface area (Å²) in [5.41, 5.74) is 2.24. The zero-order chi connectivity index (χ0) is 15.4. The van der Waals surface area contributed by atoms with E-state index >= 15 is 0 Å². The molecule has 0 bridgehead atoms. The second-order valence-electron chi connectivity index (χ2n) is 5.73. The smallest absolute Gasteiger partial charge is 0.122 e. The average molecular weight is 298 g/mol. The van der Waals surface area contributed by atoms with Crippen molar-refractivity contribution in [2.24, 2.45) is 0 Å². The minimum atomic E-state index is 0.407. The van der Waals surface area contributed by atoms with Crippen LogP contribution in [0.4, 0.5) is 0 Å². The fraction of sp³-hybridized carbons (Fsp3) is 0.368. The fourth-order valence-corrected chi connectivity index (χ4v) is 2.40. The van der Waals surface area contributed by atoms with Gasteiger partial charge in [0.2, 0.25) is 0 Å². The van der Waals surface area contributed by atoms with E-state index in [1.54, 1.807) is 7.11 Å². The van der Waals surface area contributed by atoms with Crippen LogP contribution in [0.15, 0.2) is 42.5 Å². The van der Waals surface area contributed by atoms with E-state index < -0.39 is 0 Å². The van der Waals surface area contributed by atoms with Gasteiger partial charge in [-0.25, -0.2) is 0 Å². The normalized spacial score (nSPS) is 14.3. The van der Waals surface area contributed by atoms with Gasteiger partial charge < -0.3 is 14.2 Å². The van der Waals surface area contributed by atoms with Crippen LogP contribution >= 0.6 is 0 Å². The summed E-state index contributed by atoms with van der Waals surface area (Å²) in [7, 11) is 1.67. The molecule has 22 heavy (non-hydrogen) atoms. The van der Waals surface area contributed by atoms with Crippen LogP contribution in [-0.2, 0) is 6.61 Å². The van der Waals surface area contributed by atoms with Crippen molar-refractivity contribution >= 4 is 0 Å². The second kappa shape index (κ2) is 6.73. The van der Waals surface area contributed by atoms with Crippen molar-refractivity contribution in [2.45, 2.75) is 38.9 Å². The van der Waals surface area contributed by atoms with Crippen LogP contribution in [0.1, 0.15) is 30.4 Å². The van der Waals surface area contributed by atoms with Crippen molar-refractivity contribution in [1.82, 2.24) is 0 Å². The molecule has 1 fully saturated rings. The van der Waals surface area contributed by atoms with E-state index in [-0.39, 0.29) is 0 Å². The molecular formula is C19H22O3. The van der Waals surface area contributed by atoms with Gasteiger partial charge in [0, 0.05) is 0 Å². The molecule has 3 rings (SSSR count). The molecule has 0 aromatic heterocycles. The zero-order valence-corrected chi connectivity index (χ0v) is 13.2. The van der Waals surface area contributed by atoms with Gasteiger partial charge in [-0.15, -0.1) is 0 Å². The first-order chi connectivity index (χ1) is 10.7. The Morgan fingerprint density at radius 1 is 1.00 bits per heavy atom. The molecule has 0 heterocycles. The van der Waals surface area contributed by atoms with Crippen LogP contribution in [0.5, 0.6) is 17.2 Å². The van der Waals surface area contributed by atoms with Crippen molar-refractivity contribution in [3.8, 4) is 17.2 Å². The molecule has 0 unspecified atom stereocenters. The van der Waals surface area contributed by atoms with Gasteiger partial charge in [0.15, 0.2) is 0 Å². The Balaban J connectivity index is 1.58. The minimum Gasteiger partial charge on any atom is -0.497 e. The molecule has 0 aliphatic heterocycles. The molecule has 2 aromatic rings. The van der Waals surface area contributed by atoms with Crippen LogP contribution in [0.2, 0.25) is 0 Å². The molecule has 1 aliphatic rings. The number of rotatable bonds is 6. The largest absolute Gasteiger partial charge is 0.497 e. The molecule has 3 heteroatoms. The predicted octanol–water partition coefficient (Wildman–Crippen LogP) is 4.51. The van der Waals surface area contributed by atoms with Gasteiger partial charge in [0.1, 0.15) is 23.9 Å². The summed E-state index contributed by atoms with van der Waals surface area (Å²) < 4.78 is 17.0. The second-order valence-corrected chi connectivity index (χ2v) is 5.73. The minimum absolute atomic E-state index is 0.407. The lowest BCUT2D eigenvalue weighted by Crippen LogP contribution is -2.24. The third-order valence-electron chi connectivity index (χ3n) is 4.06. The summed E-state index contributed by atoms with van der Waals surface area (Å²) in [6.45, 7) is 2.61. The fourth-order valence-electron chi connectivity index (χ4n) is 2.40. The van der Waals surface area contributed by atoms with Crippen molar-refractivity contribution in [3.63, 3.8) is 0 Å². The van der Waals surface area contributed by atoms with Gasteiger partial charge in [-0.2, -0.15) is 0 Å². The van der Waals surface area contributed by atoms with Crippen molar-refractivity contribution < 1.29 is 14.2 Å². The van der Waals surface area contributed by atoms with Gasteiger partial charge in [0.25, 0.3) is 0 Å². The Morgan fingerprint density at radius 2 is 1.73 bits per heavy atom. The quantitative estimate of drug-likeness (QED) is 0.785. The van der Waals surface area contributed by atoms with E-state index in [0.29, 0.717) is 12.7 Å². The maximum atomic E-state index is 5.95. The highest BCUT2D eigenvalue weighted by atomic mass is 16.5. The third kappa shape index (κ3) is 3.53. The van der Waals surface area contributed by atoms with Crippen LogP contribution in [0, 0.1) is 6.92 Å². The topological polar surface area (TPSA) is 27.7 Å². The highest BCUT2D eigenvalue weighted by Crippen LogP contribution is 2.29. The Bertz CT molecular complexity index is 615. The standard InChI is InChI=1S/C19H22O3/c1-14-12-18(10-11-19(14)22-17-4-3-5-17)21-13-15-6-8-16(20-2)9-7-15/h6-12,17H,3-5,13H2,1-2H3. The van der Waals surface area contributed by atoms with E-state index in [1.807, 2.05) is 42.5 Å². The molecule has 0 atom stereocenters. The average Bonchev–Trinajstić information content (AvgIpc) is 2.51. The van der Waals surface area contributed by atoms with Gasteiger partial charge in [-0.05, 0) is 67.6 Å². The van der Waals surface area contributed by atoms with Gasteiger partial charge in [-0.1, -0.05) is 12.1 Å². The number of hydrogen-bond donors (Lipinski definition) is 0. The highest BCUT2D eigenvalue weighted by Gasteiger charge is 2.19. The SMILES string of the molecule is COc1ccc(COc2ccc(OC3CCC3)c(C)c2)cc1. The number of aryl methyl sites for hydroxylation is 1. The highest BCUT2D eigenvalue weighted by molar-refractivity contribution is 5.39. The van der Waals surface area contributed by atoms with E-state index in [0.717, 1.165) is 28.4 Å². The van der Waals surface area contributed by atoms with E-state index in [9.17, 15) is 0 Å². The molecule has 0 spiro atoms. The lowest BCUT2D eigenvalue weighted by atomic mass is 9.96. The maximum Gasteiger partial charge on any atom is 0.122 e. The Morgan fingerprint density at radius 3 is 2.32 bits per heavy atom. The van der Waals surface area contributed by atoms with Gasteiger partial charge >= 0.3 is 0 Å². The first-order valence-corrected chi connectivity index (χ1v) is 7.77. The molecule has 0 saturated heterocycles. The molecule has 0 N–H and O–H groups in total. The molecule has 2 aromatic carbocycles. The Kier molecular flexibility index (Phi) is 4.52.